The predicted molar refractivity (Wildman–Crippen MR) is 87.3 cm³/mol. The fourth-order valence-corrected chi connectivity index (χ4v) is 3.56. The molecule has 1 aliphatic rings. The van der Waals surface area contributed by atoms with Crippen LogP contribution in [-0.4, -0.2) is 20.9 Å². The molecule has 0 radical (unpaired) electrons. The maximum atomic E-state index is 12.3. The van der Waals surface area contributed by atoms with Crippen molar-refractivity contribution in [3.05, 3.63) is 53.6 Å². The zero-order valence-electron chi connectivity index (χ0n) is 12.1. The number of anilines is 1. The van der Waals surface area contributed by atoms with Gasteiger partial charge in [-0.2, -0.15) is 8.42 Å². The van der Waals surface area contributed by atoms with Crippen molar-refractivity contribution in [1.29, 1.82) is 0 Å². The Labute approximate surface area is 139 Å². The Bertz CT molecular complexity index is 833. The summed E-state index contributed by atoms with van der Waals surface area (Å²) in [4.78, 5) is 13.4. The van der Waals surface area contributed by atoms with Crippen molar-refractivity contribution in [3.63, 3.8) is 0 Å². The lowest BCUT2D eigenvalue weighted by molar-refractivity contribution is -0.117. The minimum atomic E-state index is -3.98. The molecule has 0 bridgehead atoms. The topological polar surface area (TPSA) is 63.7 Å². The summed E-state index contributed by atoms with van der Waals surface area (Å²) < 4.78 is 29.6. The van der Waals surface area contributed by atoms with Gasteiger partial charge in [0.2, 0.25) is 5.91 Å². The summed E-state index contributed by atoms with van der Waals surface area (Å²) in [6.45, 7) is 0.654. The number of carbonyl (C=O) groups is 1. The van der Waals surface area contributed by atoms with Gasteiger partial charge in [0.05, 0.1) is 5.02 Å². The van der Waals surface area contributed by atoms with Crippen molar-refractivity contribution in [1.82, 2.24) is 0 Å². The summed E-state index contributed by atoms with van der Waals surface area (Å²) >= 11 is 5.91. The second kappa shape index (κ2) is 6.22. The normalized spacial score (nSPS) is 15.0. The number of hydrogen-bond acceptors (Lipinski definition) is 4. The highest BCUT2D eigenvalue weighted by Crippen LogP contribution is 2.28. The van der Waals surface area contributed by atoms with E-state index in [1.165, 1.54) is 18.2 Å². The quantitative estimate of drug-likeness (QED) is 0.793. The molecule has 1 saturated heterocycles. The molecule has 23 heavy (non-hydrogen) atoms. The SMILES string of the molecule is O=C1CCCN1c1ccc(S(=O)(=O)Oc2ccccc2Cl)cc1. The maximum absolute atomic E-state index is 12.3. The Balaban J connectivity index is 1.83. The summed E-state index contributed by atoms with van der Waals surface area (Å²) in [7, 11) is -3.98. The van der Waals surface area contributed by atoms with Gasteiger partial charge >= 0.3 is 10.1 Å². The van der Waals surface area contributed by atoms with Crippen molar-refractivity contribution >= 4 is 33.3 Å². The van der Waals surface area contributed by atoms with Crippen LogP contribution < -0.4 is 9.08 Å². The molecule has 3 rings (SSSR count). The van der Waals surface area contributed by atoms with Crippen molar-refractivity contribution in [2.75, 3.05) is 11.4 Å². The maximum Gasteiger partial charge on any atom is 0.339 e. The van der Waals surface area contributed by atoms with E-state index in [0.29, 0.717) is 18.7 Å². The smallest absolute Gasteiger partial charge is 0.339 e. The van der Waals surface area contributed by atoms with Crippen LogP contribution in [0.25, 0.3) is 0 Å². The Kier molecular flexibility index (Phi) is 4.28. The molecule has 5 nitrogen and oxygen atoms in total. The van der Waals surface area contributed by atoms with Crippen molar-refractivity contribution < 1.29 is 17.4 Å². The molecular formula is C16H14ClNO4S. The van der Waals surface area contributed by atoms with Crippen LogP contribution in [0.5, 0.6) is 5.75 Å². The van der Waals surface area contributed by atoms with E-state index >= 15 is 0 Å². The number of amides is 1. The van der Waals surface area contributed by atoms with Crippen LogP contribution in [0.4, 0.5) is 5.69 Å². The summed E-state index contributed by atoms with van der Waals surface area (Å²) in [6, 6.07) is 12.4. The predicted octanol–water partition coefficient (Wildman–Crippen LogP) is 3.23. The Morgan fingerprint density at radius 1 is 1.04 bits per heavy atom. The zero-order chi connectivity index (χ0) is 16.4. The molecule has 0 aliphatic carbocycles. The first-order valence-electron chi connectivity index (χ1n) is 7.07. The number of benzene rings is 2. The highest BCUT2D eigenvalue weighted by Gasteiger charge is 2.23. The number of nitrogens with zero attached hydrogens (tertiary/aromatic N) is 1. The van der Waals surface area contributed by atoms with Gasteiger partial charge in [-0.3, -0.25) is 4.79 Å². The Morgan fingerprint density at radius 2 is 1.74 bits per heavy atom. The van der Waals surface area contributed by atoms with E-state index in [4.69, 9.17) is 15.8 Å². The number of rotatable bonds is 4. The van der Waals surface area contributed by atoms with Gasteiger partial charge in [-0.25, -0.2) is 0 Å². The standard InChI is InChI=1S/C16H14ClNO4S/c17-14-4-1-2-5-15(14)22-23(20,21)13-9-7-12(8-10-13)18-11-3-6-16(18)19/h1-2,4-5,7-10H,3,6,11H2. The number of hydrogen-bond donors (Lipinski definition) is 0. The lowest BCUT2D eigenvalue weighted by Gasteiger charge is -2.16. The molecule has 0 saturated carbocycles. The molecule has 1 aliphatic heterocycles. The van der Waals surface area contributed by atoms with Crippen LogP contribution in [0, 0.1) is 0 Å². The molecule has 7 heteroatoms. The van der Waals surface area contributed by atoms with Crippen LogP contribution in [-0.2, 0) is 14.9 Å². The van der Waals surface area contributed by atoms with Gasteiger partial charge in [-0.15, -0.1) is 0 Å². The average molecular weight is 352 g/mol. The number of halogens is 1. The van der Waals surface area contributed by atoms with E-state index in [2.05, 4.69) is 0 Å². The molecule has 0 atom stereocenters. The van der Waals surface area contributed by atoms with E-state index in [1.54, 1.807) is 35.2 Å². The van der Waals surface area contributed by atoms with Gasteiger partial charge in [-0.1, -0.05) is 23.7 Å². The lowest BCUT2D eigenvalue weighted by Crippen LogP contribution is -2.23. The fourth-order valence-electron chi connectivity index (χ4n) is 2.39. The molecule has 2 aromatic carbocycles. The molecule has 1 amide bonds. The van der Waals surface area contributed by atoms with Crippen LogP contribution in [0.3, 0.4) is 0 Å². The minimum Gasteiger partial charge on any atom is -0.377 e. The summed E-state index contributed by atoms with van der Waals surface area (Å²) in [5.74, 6) is 0.126. The number of carbonyl (C=O) groups excluding carboxylic acids is 1. The van der Waals surface area contributed by atoms with Crippen LogP contribution >= 0.6 is 11.6 Å². The van der Waals surface area contributed by atoms with E-state index < -0.39 is 10.1 Å². The Hall–Kier alpha value is -2.05. The second-order valence-corrected chi connectivity index (χ2v) is 7.06. The van der Waals surface area contributed by atoms with Gasteiger partial charge in [0.1, 0.15) is 4.90 Å². The van der Waals surface area contributed by atoms with Gasteiger partial charge in [0.25, 0.3) is 0 Å². The van der Waals surface area contributed by atoms with Gasteiger partial charge < -0.3 is 9.08 Å². The van der Waals surface area contributed by atoms with Crippen LogP contribution in [0.15, 0.2) is 53.4 Å². The third kappa shape index (κ3) is 3.33. The van der Waals surface area contributed by atoms with E-state index in [1.807, 2.05) is 0 Å². The largest absolute Gasteiger partial charge is 0.377 e. The van der Waals surface area contributed by atoms with Gasteiger partial charge in [0, 0.05) is 18.7 Å². The molecule has 0 N–H and O–H groups in total. The third-order valence-corrected chi connectivity index (χ3v) is 5.11. The zero-order valence-corrected chi connectivity index (χ0v) is 13.7. The Morgan fingerprint density at radius 3 is 2.35 bits per heavy atom. The second-order valence-electron chi connectivity index (χ2n) is 5.11. The summed E-state index contributed by atoms with van der Waals surface area (Å²) in [6.07, 6.45) is 1.34. The first kappa shape index (κ1) is 15.8. The van der Waals surface area contributed by atoms with Crippen LogP contribution in [0.2, 0.25) is 5.02 Å². The van der Waals surface area contributed by atoms with Crippen molar-refractivity contribution in [3.8, 4) is 5.75 Å². The molecule has 0 spiro atoms. The monoisotopic (exact) mass is 351 g/mol. The van der Waals surface area contributed by atoms with E-state index in [0.717, 1.165) is 6.42 Å². The van der Waals surface area contributed by atoms with Crippen molar-refractivity contribution in [2.24, 2.45) is 0 Å². The first-order chi connectivity index (χ1) is 11.0. The highest BCUT2D eigenvalue weighted by molar-refractivity contribution is 7.87. The van der Waals surface area contributed by atoms with E-state index in [9.17, 15) is 13.2 Å². The number of para-hydroxylation sites is 1. The van der Waals surface area contributed by atoms with E-state index in [-0.39, 0.29) is 21.6 Å². The molecule has 120 valence electrons. The first-order valence-corrected chi connectivity index (χ1v) is 8.85. The highest BCUT2D eigenvalue weighted by atomic mass is 35.5. The third-order valence-electron chi connectivity index (χ3n) is 3.55. The minimum absolute atomic E-state index is 0.00724. The molecule has 0 aromatic heterocycles. The lowest BCUT2D eigenvalue weighted by atomic mass is 10.3. The van der Waals surface area contributed by atoms with Crippen molar-refractivity contribution in [2.45, 2.75) is 17.7 Å². The molecule has 1 heterocycles. The fraction of sp³-hybridized carbons (Fsp3) is 0.188. The molecule has 2 aromatic rings. The van der Waals surface area contributed by atoms with Crippen LogP contribution in [0.1, 0.15) is 12.8 Å². The average Bonchev–Trinajstić information content (AvgIpc) is 2.96. The summed E-state index contributed by atoms with van der Waals surface area (Å²) in [5.41, 5.74) is 0.684. The molecule has 1 fully saturated rings. The van der Waals surface area contributed by atoms with Gasteiger partial charge in [-0.05, 0) is 42.8 Å². The molecule has 0 unspecified atom stereocenters. The summed E-state index contributed by atoms with van der Waals surface area (Å²) in [5, 5.41) is 0.218. The van der Waals surface area contributed by atoms with Gasteiger partial charge in [0.15, 0.2) is 5.75 Å². The molecular weight excluding hydrogens is 338 g/mol.